The summed E-state index contributed by atoms with van der Waals surface area (Å²) in [5.74, 6) is 0.899. The Labute approximate surface area is 136 Å². The highest BCUT2D eigenvalue weighted by atomic mass is 127. The van der Waals surface area contributed by atoms with Gasteiger partial charge in [0.1, 0.15) is 0 Å². The van der Waals surface area contributed by atoms with E-state index in [9.17, 15) is 0 Å². The molecule has 2 aromatic carbocycles. The van der Waals surface area contributed by atoms with E-state index in [2.05, 4.69) is 58.1 Å². The van der Waals surface area contributed by atoms with Crippen LogP contribution in [0.15, 0.2) is 47.5 Å². The molecule has 3 rings (SSSR count). The molecule has 2 aromatic rings. The fraction of sp³-hybridized carbons (Fsp3) is 0.312. The highest BCUT2D eigenvalue weighted by molar-refractivity contribution is 14.0. The minimum absolute atomic E-state index is 0. The average molecular weight is 381 g/mol. The summed E-state index contributed by atoms with van der Waals surface area (Å²) >= 11 is 0. The minimum Gasteiger partial charge on any atom is -0.354 e. The highest BCUT2D eigenvalue weighted by Crippen LogP contribution is 2.19. The van der Waals surface area contributed by atoms with Crippen LogP contribution < -0.4 is 10.6 Å². The molecule has 0 saturated heterocycles. The van der Waals surface area contributed by atoms with Crippen LogP contribution in [0.4, 0.5) is 0 Å². The molecule has 106 valence electrons. The quantitative estimate of drug-likeness (QED) is 0.487. The molecule has 1 aliphatic carbocycles. The van der Waals surface area contributed by atoms with Gasteiger partial charge in [0.2, 0.25) is 0 Å². The van der Waals surface area contributed by atoms with Gasteiger partial charge >= 0.3 is 0 Å². The van der Waals surface area contributed by atoms with E-state index in [1.807, 2.05) is 7.05 Å². The monoisotopic (exact) mass is 381 g/mol. The normalized spacial score (nSPS) is 14.8. The molecule has 2 N–H and O–H groups in total. The van der Waals surface area contributed by atoms with Gasteiger partial charge in [-0.2, -0.15) is 0 Å². The number of nitrogens with zero attached hydrogens (tertiary/aromatic N) is 1. The number of aliphatic imine (C=N–C) groups is 1. The third kappa shape index (κ3) is 3.62. The lowest BCUT2D eigenvalue weighted by molar-refractivity contribution is 0.808. The number of hydrogen-bond acceptors (Lipinski definition) is 1. The highest BCUT2D eigenvalue weighted by Gasteiger charge is 2.21. The zero-order valence-corrected chi connectivity index (χ0v) is 13.9. The second-order valence-corrected chi connectivity index (χ2v) is 4.98. The summed E-state index contributed by atoms with van der Waals surface area (Å²) in [5, 5.41) is 9.38. The molecule has 1 fully saturated rings. The molecular formula is C16H20IN3. The molecule has 1 aliphatic rings. The summed E-state index contributed by atoms with van der Waals surface area (Å²) in [7, 11) is 1.82. The molecule has 1 saturated carbocycles. The predicted molar refractivity (Wildman–Crippen MR) is 95.7 cm³/mol. The fourth-order valence-corrected chi connectivity index (χ4v) is 2.24. The lowest BCUT2D eigenvalue weighted by Crippen LogP contribution is -2.38. The number of halogens is 1. The van der Waals surface area contributed by atoms with Crippen LogP contribution in [0.1, 0.15) is 18.4 Å². The van der Waals surface area contributed by atoms with Gasteiger partial charge in [-0.15, -0.1) is 24.0 Å². The number of nitrogens with one attached hydrogen (secondary N) is 2. The van der Waals surface area contributed by atoms with Crippen LogP contribution in [0.2, 0.25) is 0 Å². The maximum atomic E-state index is 4.26. The molecule has 0 radical (unpaired) electrons. The van der Waals surface area contributed by atoms with Crippen LogP contribution in [0, 0.1) is 0 Å². The second kappa shape index (κ2) is 6.92. The molecule has 20 heavy (non-hydrogen) atoms. The van der Waals surface area contributed by atoms with Gasteiger partial charge in [0.05, 0.1) is 0 Å². The van der Waals surface area contributed by atoms with Gasteiger partial charge in [-0.3, -0.25) is 4.99 Å². The third-order valence-corrected chi connectivity index (χ3v) is 3.47. The van der Waals surface area contributed by atoms with E-state index in [1.54, 1.807) is 0 Å². The van der Waals surface area contributed by atoms with Crippen LogP contribution in [0.5, 0.6) is 0 Å². The first-order valence-electron chi connectivity index (χ1n) is 6.80. The number of guanidine groups is 1. The molecule has 4 heteroatoms. The van der Waals surface area contributed by atoms with E-state index in [4.69, 9.17) is 0 Å². The zero-order chi connectivity index (χ0) is 13.1. The Balaban J connectivity index is 0.00000147. The molecule has 0 aromatic heterocycles. The Morgan fingerprint density at radius 2 is 1.90 bits per heavy atom. The van der Waals surface area contributed by atoms with Crippen LogP contribution in [-0.4, -0.2) is 19.0 Å². The van der Waals surface area contributed by atoms with Gasteiger partial charge in [-0.25, -0.2) is 0 Å². The number of hydrogen-bond donors (Lipinski definition) is 2. The topological polar surface area (TPSA) is 36.4 Å². The number of benzene rings is 2. The largest absolute Gasteiger partial charge is 0.354 e. The van der Waals surface area contributed by atoms with E-state index in [1.165, 1.54) is 29.2 Å². The summed E-state index contributed by atoms with van der Waals surface area (Å²) in [5.41, 5.74) is 1.30. The summed E-state index contributed by atoms with van der Waals surface area (Å²) in [6.45, 7) is 0.799. The van der Waals surface area contributed by atoms with Crippen molar-refractivity contribution in [2.75, 3.05) is 7.05 Å². The van der Waals surface area contributed by atoms with Crippen LogP contribution in [0.3, 0.4) is 0 Å². The molecule has 0 amide bonds. The second-order valence-electron chi connectivity index (χ2n) is 4.98. The first-order valence-corrected chi connectivity index (χ1v) is 6.80. The van der Waals surface area contributed by atoms with Crippen molar-refractivity contribution in [3.8, 4) is 0 Å². The average Bonchev–Trinajstić information content (AvgIpc) is 3.27. The van der Waals surface area contributed by atoms with Crippen LogP contribution in [0.25, 0.3) is 10.8 Å². The standard InChI is InChI=1S/C16H19N3.HI/c1-17-16(19-14-9-10-14)18-11-13-7-4-6-12-5-2-3-8-15(12)13;/h2-8,14H,9-11H2,1H3,(H2,17,18,19);1H. The van der Waals surface area contributed by atoms with Gasteiger partial charge in [0.15, 0.2) is 5.96 Å². The summed E-state index contributed by atoms with van der Waals surface area (Å²) in [6, 6.07) is 15.5. The predicted octanol–water partition coefficient (Wildman–Crippen LogP) is 3.29. The smallest absolute Gasteiger partial charge is 0.191 e. The van der Waals surface area contributed by atoms with Gasteiger partial charge in [-0.1, -0.05) is 42.5 Å². The SMILES string of the molecule is CN=C(NCc1cccc2ccccc12)NC1CC1.I. The van der Waals surface area contributed by atoms with E-state index >= 15 is 0 Å². The molecule has 0 aliphatic heterocycles. The third-order valence-electron chi connectivity index (χ3n) is 3.47. The molecule has 0 heterocycles. The van der Waals surface area contributed by atoms with Crippen molar-refractivity contribution in [3.05, 3.63) is 48.0 Å². The molecular weight excluding hydrogens is 361 g/mol. The summed E-state index contributed by atoms with van der Waals surface area (Å²) in [4.78, 5) is 4.26. The van der Waals surface area contributed by atoms with Gasteiger partial charge in [0.25, 0.3) is 0 Å². The Bertz CT molecular complexity index is 600. The zero-order valence-electron chi connectivity index (χ0n) is 11.6. The van der Waals surface area contributed by atoms with E-state index in [0.29, 0.717) is 6.04 Å². The van der Waals surface area contributed by atoms with Crippen molar-refractivity contribution in [1.82, 2.24) is 10.6 Å². The van der Waals surface area contributed by atoms with E-state index in [-0.39, 0.29) is 24.0 Å². The van der Waals surface area contributed by atoms with E-state index < -0.39 is 0 Å². The number of fused-ring (bicyclic) bond motifs is 1. The Hall–Kier alpha value is -1.30. The van der Waals surface area contributed by atoms with Gasteiger partial charge in [-0.05, 0) is 29.2 Å². The first-order chi connectivity index (χ1) is 9.36. The molecule has 0 atom stereocenters. The van der Waals surface area contributed by atoms with Crippen molar-refractivity contribution in [2.24, 2.45) is 4.99 Å². The van der Waals surface area contributed by atoms with Crippen molar-refractivity contribution >= 4 is 40.7 Å². The summed E-state index contributed by atoms with van der Waals surface area (Å²) < 4.78 is 0. The van der Waals surface area contributed by atoms with Gasteiger partial charge in [0, 0.05) is 19.6 Å². The molecule has 0 unspecified atom stereocenters. The van der Waals surface area contributed by atoms with E-state index in [0.717, 1.165) is 12.5 Å². The minimum atomic E-state index is 0. The maximum Gasteiger partial charge on any atom is 0.191 e. The molecule has 3 nitrogen and oxygen atoms in total. The maximum absolute atomic E-state index is 4.26. The van der Waals surface area contributed by atoms with Crippen molar-refractivity contribution in [2.45, 2.75) is 25.4 Å². The van der Waals surface area contributed by atoms with Crippen molar-refractivity contribution in [1.29, 1.82) is 0 Å². The van der Waals surface area contributed by atoms with Gasteiger partial charge < -0.3 is 10.6 Å². The number of rotatable bonds is 3. The van der Waals surface area contributed by atoms with Crippen LogP contribution >= 0.6 is 24.0 Å². The lowest BCUT2D eigenvalue weighted by Gasteiger charge is -2.12. The Morgan fingerprint density at radius 3 is 2.65 bits per heavy atom. The fourth-order valence-electron chi connectivity index (χ4n) is 2.24. The van der Waals surface area contributed by atoms with Crippen molar-refractivity contribution in [3.63, 3.8) is 0 Å². The van der Waals surface area contributed by atoms with Crippen LogP contribution in [-0.2, 0) is 6.54 Å². The lowest BCUT2D eigenvalue weighted by atomic mass is 10.0. The van der Waals surface area contributed by atoms with Crippen molar-refractivity contribution < 1.29 is 0 Å². The Morgan fingerprint density at radius 1 is 1.15 bits per heavy atom. The molecule has 0 bridgehead atoms. The Kier molecular flexibility index (Phi) is 5.23. The first kappa shape index (κ1) is 15.1. The molecule has 0 spiro atoms. The summed E-state index contributed by atoms with van der Waals surface area (Å²) in [6.07, 6.45) is 2.52.